The van der Waals surface area contributed by atoms with Crippen molar-refractivity contribution in [2.45, 2.75) is 27.2 Å². The molecule has 0 atom stereocenters. The zero-order valence-electron chi connectivity index (χ0n) is 9.65. The lowest BCUT2D eigenvalue weighted by Gasteiger charge is -2.09. The van der Waals surface area contributed by atoms with Crippen LogP contribution in [0.3, 0.4) is 0 Å². The third-order valence-corrected chi connectivity index (χ3v) is 3.64. The summed E-state index contributed by atoms with van der Waals surface area (Å²) in [6, 6.07) is 3.94. The number of aromatic nitrogens is 1. The number of hydrogen-bond donors (Lipinski definition) is 1. The number of pyridine rings is 1. The first-order chi connectivity index (χ1) is 7.56. The molecule has 0 spiro atoms. The molecule has 0 fully saturated rings. The van der Waals surface area contributed by atoms with E-state index in [1.807, 2.05) is 32.9 Å². The second-order valence-corrected chi connectivity index (χ2v) is 4.88. The highest BCUT2D eigenvalue weighted by Crippen LogP contribution is 2.23. The monoisotopic (exact) mass is 279 g/mol. The molecule has 0 saturated carbocycles. The molecule has 3 heteroatoms. The first kappa shape index (κ1) is 11.4. The maximum atomic E-state index is 12.3. The summed E-state index contributed by atoms with van der Waals surface area (Å²) in [5.41, 5.74) is 4.03. The standard InChI is InChI=1S/C13H14BrNO/c1-4-9-8(3)15-12-7(2)5-6-10(14)11(12)13(9)16/h5-6H,4H2,1-3H3,(H,15,16). The van der Waals surface area contributed by atoms with Crippen LogP contribution >= 0.6 is 15.9 Å². The van der Waals surface area contributed by atoms with Crippen molar-refractivity contribution in [1.82, 2.24) is 4.98 Å². The number of benzene rings is 1. The minimum absolute atomic E-state index is 0.143. The topological polar surface area (TPSA) is 32.9 Å². The van der Waals surface area contributed by atoms with Gasteiger partial charge in [0.25, 0.3) is 0 Å². The van der Waals surface area contributed by atoms with Crippen molar-refractivity contribution in [3.8, 4) is 0 Å². The average molecular weight is 280 g/mol. The van der Waals surface area contributed by atoms with E-state index in [-0.39, 0.29) is 5.43 Å². The fourth-order valence-electron chi connectivity index (χ4n) is 2.07. The van der Waals surface area contributed by atoms with Gasteiger partial charge in [-0.1, -0.05) is 13.0 Å². The van der Waals surface area contributed by atoms with Crippen LogP contribution in [-0.2, 0) is 6.42 Å². The third-order valence-electron chi connectivity index (χ3n) is 2.98. The van der Waals surface area contributed by atoms with E-state index >= 15 is 0 Å². The third kappa shape index (κ3) is 1.59. The van der Waals surface area contributed by atoms with Crippen molar-refractivity contribution in [2.75, 3.05) is 0 Å². The lowest BCUT2D eigenvalue weighted by molar-refractivity contribution is 1.05. The Balaban J connectivity index is 3.05. The SMILES string of the molecule is CCc1c(C)[nH]c2c(C)ccc(Br)c2c1=O. The number of hydrogen-bond acceptors (Lipinski definition) is 1. The Kier molecular flexibility index (Phi) is 2.89. The van der Waals surface area contributed by atoms with Gasteiger partial charge in [0.15, 0.2) is 5.43 Å². The number of rotatable bonds is 1. The quantitative estimate of drug-likeness (QED) is 0.852. The van der Waals surface area contributed by atoms with Crippen LogP contribution in [0, 0.1) is 13.8 Å². The Morgan fingerprint density at radius 1 is 1.31 bits per heavy atom. The summed E-state index contributed by atoms with van der Waals surface area (Å²) < 4.78 is 0.865. The largest absolute Gasteiger partial charge is 0.358 e. The van der Waals surface area contributed by atoms with Crippen molar-refractivity contribution in [3.63, 3.8) is 0 Å². The molecule has 0 aliphatic heterocycles. The molecule has 2 aromatic rings. The van der Waals surface area contributed by atoms with Gasteiger partial charge < -0.3 is 4.98 Å². The Hall–Kier alpha value is -1.09. The van der Waals surface area contributed by atoms with E-state index in [1.54, 1.807) is 0 Å². The fraction of sp³-hybridized carbons (Fsp3) is 0.308. The van der Waals surface area contributed by atoms with Crippen molar-refractivity contribution >= 4 is 26.8 Å². The predicted octanol–water partition coefficient (Wildman–Crippen LogP) is 3.47. The number of aryl methyl sites for hydroxylation is 2. The molecule has 0 amide bonds. The van der Waals surface area contributed by atoms with E-state index < -0.39 is 0 Å². The molecule has 0 radical (unpaired) electrons. The molecular formula is C13H14BrNO. The van der Waals surface area contributed by atoms with E-state index in [1.165, 1.54) is 0 Å². The summed E-state index contributed by atoms with van der Waals surface area (Å²) in [4.78, 5) is 15.6. The van der Waals surface area contributed by atoms with Gasteiger partial charge in [-0.2, -0.15) is 0 Å². The first-order valence-electron chi connectivity index (χ1n) is 5.36. The van der Waals surface area contributed by atoms with Gasteiger partial charge in [-0.15, -0.1) is 0 Å². The molecule has 16 heavy (non-hydrogen) atoms. The van der Waals surface area contributed by atoms with Gasteiger partial charge >= 0.3 is 0 Å². The smallest absolute Gasteiger partial charge is 0.193 e. The van der Waals surface area contributed by atoms with Crippen LogP contribution < -0.4 is 5.43 Å². The first-order valence-corrected chi connectivity index (χ1v) is 6.16. The summed E-state index contributed by atoms with van der Waals surface area (Å²) in [7, 11) is 0. The molecule has 2 nitrogen and oxygen atoms in total. The molecular weight excluding hydrogens is 266 g/mol. The van der Waals surface area contributed by atoms with Crippen molar-refractivity contribution in [1.29, 1.82) is 0 Å². The van der Waals surface area contributed by atoms with E-state index in [4.69, 9.17) is 0 Å². The minimum atomic E-state index is 0.143. The maximum Gasteiger partial charge on any atom is 0.193 e. The minimum Gasteiger partial charge on any atom is -0.358 e. The lowest BCUT2D eigenvalue weighted by atomic mass is 10.0. The summed E-state index contributed by atoms with van der Waals surface area (Å²) in [6.45, 7) is 5.98. The molecule has 84 valence electrons. The maximum absolute atomic E-state index is 12.3. The number of nitrogens with one attached hydrogen (secondary N) is 1. The van der Waals surface area contributed by atoms with Gasteiger partial charge in [0.05, 0.1) is 10.9 Å². The normalized spacial score (nSPS) is 11.0. The zero-order valence-corrected chi connectivity index (χ0v) is 11.2. The fourth-order valence-corrected chi connectivity index (χ4v) is 2.58. The Labute approximate surface area is 103 Å². The van der Waals surface area contributed by atoms with Crippen LogP contribution in [0.4, 0.5) is 0 Å². The van der Waals surface area contributed by atoms with Crippen LogP contribution in [-0.4, -0.2) is 4.98 Å². The molecule has 2 rings (SSSR count). The van der Waals surface area contributed by atoms with Crippen molar-refractivity contribution < 1.29 is 0 Å². The summed E-state index contributed by atoms with van der Waals surface area (Å²) in [5.74, 6) is 0. The molecule has 0 unspecified atom stereocenters. The van der Waals surface area contributed by atoms with Crippen LogP contribution in [0.2, 0.25) is 0 Å². The Bertz CT molecular complexity index is 613. The van der Waals surface area contributed by atoms with Crippen LogP contribution in [0.5, 0.6) is 0 Å². The van der Waals surface area contributed by atoms with E-state index in [0.29, 0.717) is 0 Å². The molecule has 0 aliphatic rings. The highest BCUT2D eigenvalue weighted by atomic mass is 79.9. The summed E-state index contributed by atoms with van der Waals surface area (Å²) >= 11 is 3.45. The van der Waals surface area contributed by atoms with E-state index in [2.05, 4.69) is 20.9 Å². The molecule has 0 aliphatic carbocycles. The number of aromatic amines is 1. The number of halogens is 1. The van der Waals surface area contributed by atoms with E-state index in [9.17, 15) is 4.79 Å². The second-order valence-electron chi connectivity index (χ2n) is 4.03. The zero-order chi connectivity index (χ0) is 11.9. The average Bonchev–Trinajstić information content (AvgIpc) is 2.24. The van der Waals surface area contributed by atoms with Gasteiger partial charge in [-0.05, 0) is 47.8 Å². The molecule has 1 aromatic heterocycles. The Morgan fingerprint density at radius 2 is 2.00 bits per heavy atom. The number of fused-ring (bicyclic) bond motifs is 1. The molecule has 0 saturated heterocycles. The van der Waals surface area contributed by atoms with E-state index in [0.717, 1.165) is 38.6 Å². The predicted molar refractivity (Wildman–Crippen MR) is 71.1 cm³/mol. The van der Waals surface area contributed by atoms with Crippen LogP contribution in [0.25, 0.3) is 10.9 Å². The molecule has 1 heterocycles. The summed E-state index contributed by atoms with van der Waals surface area (Å²) in [5, 5.41) is 0.766. The molecule has 0 bridgehead atoms. The Morgan fingerprint density at radius 3 is 2.62 bits per heavy atom. The van der Waals surface area contributed by atoms with Gasteiger partial charge in [-0.25, -0.2) is 0 Å². The van der Waals surface area contributed by atoms with Crippen LogP contribution in [0.1, 0.15) is 23.7 Å². The van der Waals surface area contributed by atoms with Gasteiger partial charge in [0.2, 0.25) is 0 Å². The van der Waals surface area contributed by atoms with Crippen molar-refractivity contribution in [2.24, 2.45) is 0 Å². The van der Waals surface area contributed by atoms with Gasteiger partial charge in [0, 0.05) is 15.7 Å². The van der Waals surface area contributed by atoms with Gasteiger partial charge in [0.1, 0.15) is 0 Å². The lowest BCUT2D eigenvalue weighted by Crippen LogP contribution is -2.13. The van der Waals surface area contributed by atoms with Crippen molar-refractivity contribution in [3.05, 3.63) is 43.6 Å². The highest BCUT2D eigenvalue weighted by molar-refractivity contribution is 9.10. The number of H-pyrrole nitrogens is 1. The highest BCUT2D eigenvalue weighted by Gasteiger charge is 2.11. The van der Waals surface area contributed by atoms with Crippen LogP contribution in [0.15, 0.2) is 21.4 Å². The van der Waals surface area contributed by atoms with Gasteiger partial charge in [-0.3, -0.25) is 4.79 Å². The molecule has 1 aromatic carbocycles. The molecule has 1 N–H and O–H groups in total. The second kappa shape index (κ2) is 4.06. The summed E-state index contributed by atoms with van der Waals surface area (Å²) in [6.07, 6.45) is 0.761.